The number of anilines is 2. The second-order valence-corrected chi connectivity index (χ2v) is 10.2. The second-order valence-electron chi connectivity index (χ2n) is 8.52. The summed E-state index contributed by atoms with van der Waals surface area (Å²) in [6.45, 7) is 8.23. The van der Waals surface area contributed by atoms with Gasteiger partial charge in [-0.05, 0) is 44.0 Å². The third-order valence-electron chi connectivity index (χ3n) is 4.80. The van der Waals surface area contributed by atoms with E-state index in [0.717, 1.165) is 6.07 Å². The molecule has 2 aromatic carbocycles. The molecule has 0 aliphatic carbocycles. The van der Waals surface area contributed by atoms with Crippen molar-refractivity contribution in [2.24, 2.45) is 11.3 Å². The average Bonchev–Trinajstić information content (AvgIpc) is 2.78. The van der Waals surface area contributed by atoms with E-state index in [4.69, 9.17) is 4.74 Å². The van der Waals surface area contributed by atoms with Crippen LogP contribution in [0.25, 0.3) is 0 Å². The van der Waals surface area contributed by atoms with Gasteiger partial charge in [-0.3, -0.25) is 19.6 Å². The van der Waals surface area contributed by atoms with Crippen LogP contribution in [-0.2, 0) is 14.8 Å². The fraction of sp³-hybridized carbons (Fsp3) is 0.381. The first-order valence-corrected chi connectivity index (χ1v) is 11.2. The largest absolute Gasteiger partial charge is 0.490 e. The van der Waals surface area contributed by atoms with Gasteiger partial charge < -0.3 is 9.64 Å². The number of nitrogens with zero attached hydrogens (tertiary/aromatic N) is 2. The Balaban J connectivity index is 1.99. The number of benzene rings is 2. The summed E-state index contributed by atoms with van der Waals surface area (Å²) in [5.74, 6) is 0.549. The number of amides is 1. The number of hydrogen-bond acceptors (Lipinski definition) is 6. The Morgan fingerprint density at radius 1 is 1.23 bits per heavy atom. The number of nitro benzene ring substituents is 1. The zero-order chi connectivity index (χ0) is 23.0. The van der Waals surface area contributed by atoms with Gasteiger partial charge in [-0.25, -0.2) is 8.42 Å². The van der Waals surface area contributed by atoms with Crippen LogP contribution in [0.15, 0.2) is 47.4 Å². The lowest BCUT2D eigenvalue weighted by Gasteiger charge is -2.29. The number of hydrogen-bond donors (Lipinski definition) is 1. The quantitative estimate of drug-likeness (QED) is 0.531. The minimum Gasteiger partial charge on any atom is -0.490 e. The summed E-state index contributed by atoms with van der Waals surface area (Å²) in [7, 11) is -4.08. The van der Waals surface area contributed by atoms with Gasteiger partial charge in [0.05, 0.1) is 26.6 Å². The molecule has 0 aromatic heterocycles. The fourth-order valence-electron chi connectivity index (χ4n) is 3.23. The van der Waals surface area contributed by atoms with Crippen LogP contribution in [0.3, 0.4) is 0 Å². The van der Waals surface area contributed by atoms with Crippen molar-refractivity contribution in [2.45, 2.75) is 32.6 Å². The Morgan fingerprint density at radius 3 is 2.58 bits per heavy atom. The van der Waals surface area contributed by atoms with Gasteiger partial charge in [-0.15, -0.1) is 0 Å². The van der Waals surface area contributed by atoms with E-state index in [-0.39, 0.29) is 34.7 Å². The number of carbonyl (C=O) groups is 1. The Morgan fingerprint density at radius 2 is 1.94 bits per heavy atom. The molecule has 31 heavy (non-hydrogen) atoms. The van der Waals surface area contributed by atoms with E-state index in [9.17, 15) is 23.3 Å². The van der Waals surface area contributed by atoms with Crippen molar-refractivity contribution in [1.82, 2.24) is 0 Å². The summed E-state index contributed by atoms with van der Waals surface area (Å²) in [6, 6.07) is 9.49. The van der Waals surface area contributed by atoms with Crippen molar-refractivity contribution in [3.8, 4) is 5.75 Å². The van der Waals surface area contributed by atoms with Gasteiger partial charge in [0.25, 0.3) is 15.7 Å². The number of fused-ring (bicyclic) bond motifs is 1. The van der Waals surface area contributed by atoms with Crippen LogP contribution in [0.1, 0.15) is 27.7 Å². The van der Waals surface area contributed by atoms with Crippen LogP contribution in [0, 0.1) is 21.4 Å². The Bertz CT molecular complexity index is 1130. The van der Waals surface area contributed by atoms with E-state index in [2.05, 4.69) is 4.72 Å². The molecule has 166 valence electrons. The number of sulfonamides is 1. The molecule has 10 heteroatoms. The lowest BCUT2D eigenvalue weighted by atomic mass is 9.92. The lowest BCUT2D eigenvalue weighted by molar-refractivity contribution is -0.385. The molecular weight excluding hydrogens is 422 g/mol. The molecule has 2 aromatic rings. The highest BCUT2D eigenvalue weighted by Crippen LogP contribution is 2.39. The van der Waals surface area contributed by atoms with Gasteiger partial charge in [0.2, 0.25) is 5.91 Å². The standard InChI is InChI=1S/C21H25N3O6S/c1-14(2)12-23-18-10-15(8-9-19(18)30-13-21(3,4)20(23)25)22-31(28,29)17-7-5-6-16(11-17)24(26)27/h5-11,14,22H,12-13H2,1-4H3. The highest BCUT2D eigenvalue weighted by molar-refractivity contribution is 7.92. The summed E-state index contributed by atoms with van der Waals surface area (Å²) in [4.78, 5) is 24.8. The fourth-order valence-corrected chi connectivity index (χ4v) is 4.32. The number of carbonyl (C=O) groups excluding carboxylic acids is 1. The normalized spacial score (nSPS) is 15.8. The number of ether oxygens (including phenoxy) is 1. The number of rotatable bonds is 6. The molecule has 0 radical (unpaired) electrons. The van der Waals surface area contributed by atoms with Gasteiger partial charge in [0.15, 0.2) is 0 Å². The van der Waals surface area contributed by atoms with Gasteiger partial charge in [0, 0.05) is 18.7 Å². The third-order valence-corrected chi connectivity index (χ3v) is 6.18. The number of non-ortho nitro benzene ring substituents is 1. The molecular formula is C21H25N3O6S. The van der Waals surface area contributed by atoms with E-state index in [1.54, 1.807) is 30.9 Å². The molecule has 1 heterocycles. The first-order valence-electron chi connectivity index (χ1n) is 9.77. The zero-order valence-electron chi connectivity index (χ0n) is 17.8. The minimum absolute atomic E-state index is 0.112. The summed E-state index contributed by atoms with van der Waals surface area (Å²) >= 11 is 0. The molecule has 0 spiro atoms. The predicted molar refractivity (Wildman–Crippen MR) is 117 cm³/mol. The number of nitro groups is 1. The minimum atomic E-state index is -4.08. The van der Waals surface area contributed by atoms with E-state index >= 15 is 0 Å². The molecule has 0 unspecified atom stereocenters. The predicted octanol–water partition coefficient (Wildman–Crippen LogP) is 3.80. The average molecular weight is 448 g/mol. The molecule has 0 atom stereocenters. The summed E-state index contributed by atoms with van der Waals surface area (Å²) < 4.78 is 33.9. The van der Waals surface area contributed by atoms with E-state index in [0.29, 0.717) is 18.0 Å². The molecule has 1 amide bonds. The first-order chi connectivity index (χ1) is 14.4. The van der Waals surface area contributed by atoms with Gasteiger partial charge in [-0.2, -0.15) is 0 Å². The smallest absolute Gasteiger partial charge is 0.270 e. The molecule has 3 rings (SSSR count). The Hall–Kier alpha value is -3.14. The molecule has 0 fully saturated rings. The van der Waals surface area contributed by atoms with Crippen molar-refractivity contribution >= 4 is 33.0 Å². The molecule has 0 saturated carbocycles. The van der Waals surface area contributed by atoms with E-state index in [1.165, 1.54) is 24.3 Å². The Kier molecular flexibility index (Phi) is 5.95. The first kappa shape index (κ1) is 22.5. The van der Waals surface area contributed by atoms with Crippen LogP contribution in [0.2, 0.25) is 0 Å². The van der Waals surface area contributed by atoms with Crippen molar-refractivity contribution in [1.29, 1.82) is 0 Å². The van der Waals surface area contributed by atoms with Crippen molar-refractivity contribution in [2.75, 3.05) is 22.8 Å². The van der Waals surface area contributed by atoms with Crippen molar-refractivity contribution in [3.63, 3.8) is 0 Å². The molecule has 0 bridgehead atoms. The molecule has 1 N–H and O–H groups in total. The highest BCUT2D eigenvalue weighted by atomic mass is 32.2. The van der Waals surface area contributed by atoms with Gasteiger partial charge in [-0.1, -0.05) is 19.9 Å². The van der Waals surface area contributed by atoms with Gasteiger partial charge in [0.1, 0.15) is 12.4 Å². The monoisotopic (exact) mass is 447 g/mol. The molecule has 1 aliphatic rings. The summed E-state index contributed by atoms with van der Waals surface area (Å²) in [6.07, 6.45) is 0. The zero-order valence-corrected chi connectivity index (χ0v) is 18.6. The van der Waals surface area contributed by atoms with Crippen molar-refractivity contribution in [3.05, 3.63) is 52.6 Å². The van der Waals surface area contributed by atoms with Crippen LogP contribution < -0.4 is 14.4 Å². The van der Waals surface area contributed by atoms with Crippen LogP contribution in [-0.4, -0.2) is 32.4 Å². The maximum atomic E-state index is 13.1. The van der Waals surface area contributed by atoms with Crippen molar-refractivity contribution < 1.29 is 22.9 Å². The number of nitrogens with one attached hydrogen (secondary N) is 1. The van der Waals surface area contributed by atoms with Gasteiger partial charge >= 0.3 is 0 Å². The van der Waals surface area contributed by atoms with E-state index in [1.807, 2.05) is 13.8 Å². The Labute approximate surface area is 181 Å². The SMILES string of the molecule is CC(C)CN1C(=O)C(C)(C)COc2ccc(NS(=O)(=O)c3cccc([N+](=O)[O-])c3)cc21. The van der Waals surface area contributed by atoms with Crippen LogP contribution in [0.4, 0.5) is 17.1 Å². The maximum absolute atomic E-state index is 13.1. The topological polar surface area (TPSA) is 119 Å². The summed E-state index contributed by atoms with van der Waals surface area (Å²) in [5, 5.41) is 11.0. The second kappa shape index (κ2) is 8.18. The maximum Gasteiger partial charge on any atom is 0.270 e. The van der Waals surface area contributed by atoms with Crippen LogP contribution >= 0.6 is 0 Å². The molecule has 1 aliphatic heterocycles. The lowest BCUT2D eigenvalue weighted by Crippen LogP contribution is -2.43. The third kappa shape index (κ3) is 4.79. The van der Waals surface area contributed by atoms with E-state index < -0.39 is 20.4 Å². The summed E-state index contributed by atoms with van der Waals surface area (Å²) in [5.41, 5.74) is -0.371. The van der Waals surface area contributed by atoms with Crippen LogP contribution in [0.5, 0.6) is 5.75 Å². The molecule has 0 saturated heterocycles. The molecule has 9 nitrogen and oxygen atoms in total. The highest BCUT2D eigenvalue weighted by Gasteiger charge is 2.38.